The zero-order valence-corrected chi connectivity index (χ0v) is 26.0. The van der Waals surface area contributed by atoms with Gasteiger partial charge in [-0.25, -0.2) is 10.4 Å². The van der Waals surface area contributed by atoms with E-state index in [0.717, 1.165) is 18.4 Å². The van der Waals surface area contributed by atoms with Crippen molar-refractivity contribution in [1.82, 2.24) is 31.3 Å². The maximum atomic E-state index is 13.4. The number of aromatic nitrogens is 3. The average molecular weight is 624 g/mol. The molecule has 3 aromatic rings. The van der Waals surface area contributed by atoms with Crippen LogP contribution in [0.5, 0.6) is 11.6 Å². The first-order valence-electron chi connectivity index (χ1n) is 14.9. The number of methoxy groups -OCH3 is 1. The molecule has 0 radical (unpaired) electrons. The second kappa shape index (κ2) is 15.4. The monoisotopic (exact) mass is 623 g/mol. The Labute approximate surface area is 261 Å². The van der Waals surface area contributed by atoms with Gasteiger partial charge in [0.25, 0.3) is 5.91 Å². The summed E-state index contributed by atoms with van der Waals surface area (Å²) in [7, 11) is 1.37. The predicted octanol–water partition coefficient (Wildman–Crippen LogP) is 1.99. The topological polar surface area (TPSA) is 193 Å². The molecule has 0 aliphatic heterocycles. The number of ether oxygens (including phenoxy) is 3. The number of hydrogen-bond acceptors (Lipinski definition) is 12. The van der Waals surface area contributed by atoms with Crippen LogP contribution in [0.1, 0.15) is 73.6 Å². The number of nitrogens with two attached hydrogens (primary N) is 1. The Bertz CT molecular complexity index is 1440. The number of hydrogen-bond donors (Lipinski definition) is 4. The maximum Gasteiger partial charge on any atom is 0.308 e. The van der Waals surface area contributed by atoms with Gasteiger partial charge in [0.2, 0.25) is 17.7 Å². The number of esters is 1. The zero-order valence-electron chi connectivity index (χ0n) is 26.0. The number of nitrogens with zero attached hydrogens (tertiary/aromatic N) is 3. The summed E-state index contributed by atoms with van der Waals surface area (Å²) in [6.45, 7) is 5.44. The van der Waals surface area contributed by atoms with E-state index >= 15 is 0 Å². The number of hydrazine groups is 1. The smallest absolute Gasteiger partial charge is 0.308 e. The Morgan fingerprint density at radius 3 is 2.58 bits per heavy atom. The highest BCUT2D eigenvalue weighted by Crippen LogP contribution is 2.38. The lowest BCUT2D eigenvalue weighted by Crippen LogP contribution is -2.53. The lowest BCUT2D eigenvalue weighted by Gasteiger charge is -2.23. The molecule has 0 spiro atoms. The van der Waals surface area contributed by atoms with Gasteiger partial charge in [0.1, 0.15) is 29.6 Å². The maximum absolute atomic E-state index is 13.4. The number of rotatable bonds is 16. The van der Waals surface area contributed by atoms with Crippen molar-refractivity contribution in [3.8, 4) is 11.6 Å². The number of nitrogens with one attached hydrogen (secondary N) is 3. The summed E-state index contributed by atoms with van der Waals surface area (Å²) >= 11 is 0. The first-order valence-corrected chi connectivity index (χ1v) is 14.9. The van der Waals surface area contributed by atoms with E-state index in [9.17, 15) is 14.4 Å². The van der Waals surface area contributed by atoms with Crippen LogP contribution in [-0.4, -0.2) is 70.9 Å². The summed E-state index contributed by atoms with van der Waals surface area (Å²) in [6, 6.07) is 9.72. The third kappa shape index (κ3) is 10.5. The van der Waals surface area contributed by atoms with Gasteiger partial charge in [-0.2, -0.15) is 4.98 Å². The molecule has 4 rings (SSSR count). The summed E-state index contributed by atoms with van der Waals surface area (Å²) < 4.78 is 21.9. The number of carbonyl (C=O) groups excluding carboxylic acids is 3. The Kier molecular flexibility index (Phi) is 11.4. The first-order chi connectivity index (χ1) is 21.5. The largest absolute Gasteiger partial charge is 0.491 e. The molecule has 14 heteroatoms. The molecular weight excluding hydrogens is 582 g/mol. The Balaban J connectivity index is 1.39. The van der Waals surface area contributed by atoms with E-state index in [1.54, 1.807) is 20.8 Å². The fourth-order valence-corrected chi connectivity index (χ4v) is 4.35. The van der Waals surface area contributed by atoms with Gasteiger partial charge in [0, 0.05) is 31.1 Å². The normalized spacial score (nSPS) is 14.2. The number of carbonyl (C=O) groups is 3. The van der Waals surface area contributed by atoms with Gasteiger partial charge in [-0.05, 0) is 51.7 Å². The predicted molar refractivity (Wildman–Crippen MR) is 162 cm³/mol. The number of amides is 2. The molecule has 2 heterocycles. The molecule has 2 atom stereocenters. The van der Waals surface area contributed by atoms with E-state index in [1.807, 2.05) is 30.3 Å². The molecular formula is C31H41N7O7. The summed E-state index contributed by atoms with van der Waals surface area (Å²) in [6.07, 6.45) is 4.03. The van der Waals surface area contributed by atoms with E-state index in [2.05, 4.69) is 31.3 Å². The molecule has 14 nitrogen and oxygen atoms in total. The van der Waals surface area contributed by atoms with Crippen molar-refractivity contribution in [1.29, 1.82) is 0 Å². The highest BCUT2D eigenvalue weighted by atomic mass is 16.6. The third-order valence-corrected chi connectivity index (χ3v) is 6.62. The third-order valence-electron chi connectivity index (χ3n) is 6.62. The molecule has 2 aromatic heterocycles. The van der Waals surface area contributed by atoms with Crippen LogP contribution < -0.4 is 31.4 Å². The van der Waals surface area contributed by atoms with Crippen LogP contribution in [0.4, 0.5) is 0 Å². The van der Waals surface area contributed by atoms with Gasteiger partial charge in [0.05, 0.1) is 13.5 Å². The van der Waals surface area contributed by atoms with Crippen LogP contribution in [0.3, 0.4) is 0 Å². The van der Waals surface area contributed by atoms with Crippen molar-refractivity contribution in [2.75, 3.05) is 20.3 Å². The van der Waals surface area contributed by atoms with Crippen LogP contribution >= 0.6 is 0 Å². The minimum absolute atomic E-state index is 0.00157. The summed E-state index contributed by atoms with van der Waals surface area (Å²) in [5.74, 6) is -0.275. The Morgan fingerprint density at radius 2 is 1.89 bits per heavy atom. The molecule has 1 aliphatic carbocycles. The highest BCUT2D eigenvalue weighted by molar-refractivity contribution is 5.99. The lowest BCUT2D eigenvalue weighted by atomic mass is 10.1. The number of benzene rings is 1. The van der Waals surface area contributed by atoms with Crippen molar-refractivity contribution in [2.24, 2.45) is 5.73 Å². The Hall–Kier alpha value is -4.56. The van der Waals surface area contributed by atoms with E-state index in [4.69, 9.17) is 24.5 Å². The van der Waals surface area contributed by atoms with Crippen molar-refractivity contribution in [3.05, 3.63) is 65.4 Å². The Morgan fingerprint density at radius 1 is 1.13 bits per heavy atom. The van der Waals surface area contributed by atoms with E-state index < -0.39 is 29.4 Å². The fraction of sp³-hybridized carbons (Fsp3) is 0.484. The molecule has 2 amide bonds. The molecule has 242 valence electrons. The average Bonchev–Trinajstić information content (AvgIpc) is 3.75. The molecule has 5 N–H and O–H groups in total. The van der Waals surface area contributed by atoms with Crippen molar-refractivity contribution < 1.29 is 33.1 Å². The van der Waals surface area contributed by atoms with Gasteiger partial charge in [-0.3, -0.25) is 19.8 Å². The van der Waals surface area contributed by atoms with Crippen LogP contribution in [-0.2, 0) is 27.2 Å². The summed E-state index contributed by atoms with van der Waals surface area (Å²) in [5.41, 5.74) is 11.7. The van der Waals surface area contributed by atoms with Gasteiger partial charge >= 0.3 is 5.97 Å². The SMILES string of the molecule is COc1nccc(OCC(N)Cc2ccccc2)c1C(=O)NNC(CC(=O)OC(C)(C)C)C(=O)NCCc1nc(C2CC2)no1. The van der Waals surface area contributed by atoms with E-state index in [1.165, 1.54) is 19.4 Å². The summed E-state index contributed by atoms with van der Waals surface area (Å²) in [4.78, 5) is 47.7. The zero-order chi connectivity index (χ0) is 32.4. The van der Waals surface area contributed by atoms with Gasteiger partial charge < -0.3 is 29.8 Å². The van der Waals surface area contributed by atoms with E-state index in [0.29, 0.717) is 30.5 Å². The van der Waals surface area contributed by atoms with Crippen LogP contribution in [0.2, 0.25) is 0 Å². The van der Waals surface area contributed by atoms with Gasteiger partial charge in [0.15, 0.2) is 5.82 Å². The van der Waals surface area contributed by atoms with E-state index in [-0.39, 0.29) is 42.8 Å². The van der Waals surface area contributed by atoms with Crippen molar-refractivity contribution in [3.63, 3.8) is 0 Å². The van der Waals surface area contributed by atoms with Gasteiger partial charge in [-0.15, -0.1) is 0 Å². The number of pyridine rings is 1. The molecule has 2 unspecified atom stereocenters. The summed E-state index contributed by atoms with van der Waals surface area (Å²) in [5, 5.41) is 6.71. The standard InChI is InChI=1S/C31H41N7O7/c1-31(2,3)44-25(39)17-22(28(40)33-15-13-24-35-27(38-45-24)20-10-11-20)36-37-29(41)26-23(12-14-34-30(26)42-4)43-18-21(32)16-19-8-6-5-7-9-19/h5-9,12,14,20-22,36H,10-11,13,15-18,32H2,1-4H3,(H,33,40)(H,37,41). The van der Waals surface area contributed by atoms with Crippen molar-refractivity contribution >= 4 is 17.8 Å². The fourth-order valence-electron chi connectivity index (χ4n) is 4.35. The van der Waals surface area contributed by atoms with Crippen molar-refractivity contribution in [2.45, 2.75) is 76.5 Å². The second-order valence-electron chi connectivity index (χ2n) is 11.8. The molecule has 0 bridgehead atoms. The van der Waals surface area contributed by atoms with Gasteiger partial charge in [-0.1, -0.05) is 35.5 Å². The lowest BCUT2D eigenvalue weighted by molar-refractivity contribution is -0.156. The molecule has 1 aromatic carbocycles. The van der Waals surface area contributed by atoms with Crippen LogP contribution in [0.15, 0.2) is 47.1 Å². The first kappa shape index (κ1) is 33.3. The quantitative estimate of drug-likeness (QED) is 0.134. The minimum Gasteiger partial charge on any atom is -0.491 e. The molecule has 1 fully saturated rings. The molecule has 45 heavy (non-hydrogen) atoms. The second-order valence-corrected chi connectivity index (χ2v) is 11.8. The molecule has 1 saturated carbocycles. The van der Waals surface area contributed by atoms with Crippen LogP contribution in [0.25, 0.3) is 0 Å². The highest BCUT2D eigenvalue weighted by Gasteiger charge is 2.30. The molecule has 0 saturated heterocycles. The molecule has 1 aliphatic rings. The minimum atomic E-state index is -1.18. The van der Waals surface area contributed by atoms with Crippen LogP contribution in [0, 0.1) is 0 Å².